The molecule has 1 aromatic rings. The number of rotatable bonds is 6. The summed E-state index contributed by atoms with van der Waals surface area (Å²) in [6, 6.07) is 5.31. The summed E-state index contributed by atoms with van der Waals surface area (Å²) in [5, 5.41) is 0.979. The lowest BCUT2D eigenvalue weighted by Gasteiger charge is -2.13. The zero-order valence-corrected chi connectivity index (χ0v) is 15.4. The zero-order chi connectivity index (χ0) is 16.1. The maximum atomic E-state index is 12.4. The van der Waals surface area contributed by atoms with E-state index < -0.39 is 0 Å². The Morgan fingerprint density at radius 1 is 1.23 bits per heavy atom. The third kappa shape index (κ3) is 4.48. The van der Waals surface area contributed by atoms with Crippen molar-refractivity contribution >= 4 is 63.5 Å². The van der Waals surface area contributed by atoms with Crippen molar-refractivity contribution in [2.45, 2.75) is 32.6 Å². The highest BCUT2D eigenvalue weighted by Crippen LogP contribution is 2.33. The van der Waals surface area contributed by atoms with Gasteiger partial charge in [-0.25, -0.2) is 0 Å². The van der Waals surface area contributed by atoms with E-state index in [0.717, 1.165) is 18.4 Å². The van der Waals surface area contributed by atoms with Crippen molar-refractivity contribution in [1.82, 2.24) is 4.90 Å². The van der Waals surface area contributed by atoms with E-state index in [9.17, 15) is 4.79 Å². The molecule has 0 unspecified atom stereocenters. The maximum Gasteiger partial charge on any atom is 0.266 e. The lowest BCUT2D eigenvalue weighted by atomic mass is 10.2. The standard InChI is InChI=1S/C16H17Cl2NOS2/c1-2-3-4-5-8-19-15(20)14(22-16(19)21)10-11-6-7-12(17)13(18)9-11/h6-7,9-10H,2-5,8H2,1H3. The third-order valence-corrected chi connectivity index (χ3v) is 5.47. The highest BCUT2D eigenvalue weighted by atomic mass is 35.5. The van der Waals surface area contributed by atoms with Gasteiger partial charge in [0.05, 0.1) is 15.0 Å². The van der Waals surface area contributed by atoms with Crippen LogP contribution < -0.4 is 0 Å². The second-order valence-electron chi connectivity index (χ2n) is 5.07. The molecule has 0 N–H and O–H groups in total. The van der Waals surface area contributed by atoms with E-state index in [-0.39, 0.29) is 5.91 Å². The van der Waals surface area contributed by atoms with Crippen LogP contribution in [0.15, 0.2) is 23.1 Å². The SMILES string of the molecule is CCCCCCN1C(=O)C(=Cc2ccc(Cl)c(Cl)c2)SC1=S. The Hall–Kier alpha value is -0.550. The van der Waals surface area contributed by atoms with Gasteiger partial charge in [-0.3, -0.25) is 9.69 Å². The molecule has 0 aliphatic carbocycles. The number of benzene rings is 1. The molecule has 6 heteroatoms. The molecule has 1 aliphatic rings. The largest absolute Gasteiger partial charge is 0.293 e. The highest BCUT2D eigenvalue weighted by molar-refractivity contribution is 8.26. The van der Waals surface area contributed by atoms with Crippen LogP contribution in [-0.4, -0.2) is 21.7 Å². The Morgan fingerprint density at radius 3 is 2.68 bits per heavy atom. The summed E-state index contributed by atoms with van der Waals surface area (Å²) in [6.07, 6.45) is 6.29. The molecule has 0 aromatic heterocycles. The zero-order valence-electron chi connectivity index (χ0n) is 12.3. The number of amides is 1. The predicted octanol–water partition coefficient (Wildman–Crippen LogP) is 5.77. The molecular formula is C16H17Cl2NOS2. The second-order valence-corrected chi connectivity index (χ2v) is 7.56. The van der Waals surface area contributed by atoms with Gasteiger partial charge in [0.1, 0.15) is 4.32 Å². The van der Waals surface area contributed by atoms with Crippen LogP contribution in [0.3, 0.4) is 0 Å². The van der Waals surface area contributed by atoms with Crippen molar-refractivity contribution in [2.24, 2.45) is 0 Å². The molecule has 22 heavy (non-hydrogen) atoms. The average molecular weight is 374 g/mol. The van der Waals surface area contributed by atoms with E-state index in [0.29, 0.717) is 25.8 Å². The first-order valence-electron chi connectivity index (χ1n) is 7.23. The van der Waals surface area contributed by atoms with E-state index in [1.54, 1.807) is 17.0 Å². The van der Waals surface area contributed by atoms with Crippen LogP contribution in [0.2, 0.25) is 10.0 Å². The van der Waals surface area contributed by atoms with Crippen molar-refractivity contribution in [1.29, 1.82) is 0 Å². The maximum absolute atomic E-state index is 12.4. The van der Waals surface area contributed by atoms with Gasteiger partial charge in [0, 0.05) is 6.54 Å². The van der Waals surface area contributed by atoms with Gasteiger partial charge in [0.25, 0.3) is 5.91 Å². The van der Waals surface area contributed by atoms with Gasteiger partial charge in [0.2, 0.25) is 0 Å². The predicted molar refractivity (Wildman–Crippen MR) is 100 cm³/mol. The second kappa shape index (κ2) is 8.34. The molecular weight excluding hydrogens is 357 g/mol. The summed E-state index contributed by atoms with van der Waals surface area (Å²) < 4.78 is 0.632. The highest BCUT2D eigenvalue weighted by Gasteiger charge is 2.31. The Balaban J connectivity index is 2.06. The van der Waals surface area contributed by atoms with Gasteiger partial charge in [0.15, 0.2) is 0 Å². The topological polar surface area (TPSA) is 20.3 Å². The molecule has 1 saturated heterocycles. The van der Waals surface area contributed by atoms with Crippen molar-refractivity contribution in [3.05, 3.63) is 38.7 Å². The number of carbonyl (C=O) groups excluding carboxylic acids is 1. The Morgan fingerprint density at radius 2 is 2.00 bits per heavy atom. The van der Waals surface area contributed by atoms with Crippen LogP contribution in [0.1, 0.15) is 38.2 Å². The molecule has 1 aromatic carbocycles. The molecule has 0 saturated carbocycles. The van der Waals surface area contributed by atoms with Gasteiger partial charge in [-0.1, -0.05) is 79.4 Å². The minimum Gasteiger partial charge on any atom is -0.293 e. The number of carbonyl (C=O) groups is 1. The molecule has 1 fully saturated rings. The average Bonchev–Trinajstić information content (AvgIpc) is 2.74. The summed E-state index contributed by atoms with van der Waals surface area (Å²) in [5.41, 5.74) is 0.848. The van der Waals surface area contributed by atoms with Gasteiger partial charge in [-0.2, -0.15) is 0 Å². The summed E-state index contributed by atoms with van der Waals surface area (Å²) in [5.74, 6) is -0.0161. The fourth-order valence-corrected chi connectivity index (χ4v) is 3.76. The molecule has 1 amide bonds. The minimum absolute atomic E-state index is 0.0161. The van der Waals surface area contributed by atoms with Crippen LogP contribution in [0.5, 0.6) is 0 Å². The van der Waals surface area contributed by atoms with Crippen molar-refractivity contribution in [3.63, 3.8) is 0 Å². The lowest BCUT2D eigenvalue weighted by molar-refractivity contribution is -0.122. The summed E-state index contributed by atoms with van der Waals surface area (Å²) in [6.45, 7) is 2.86. The lowest BCUT2D eigenvalue weighted by Crippen LogP contribution is -2.28. The summed E-state index contributed by atoms with van der Waals surface area (Å²) in [4.78, 5) is 14.8. The number of nitrogens with zero attached hydrogens (tertiary/aromatic N) is 1. The third-order valence-electron chi connectivity index (χ3n) is 3.35. The van der Waals surface area contributed by atoms with Crippen molar-refractivity contribution in [2.75, 3.05) is 6.54 Å². The fraction of sp³-hybridized carbons (Fsp3) is 0.375. The first-order chi connectivity index (χ1) is 10.5. The molecule has 0 radical (unpaired) electrons. The Labute approximate surface area is 150 Å². The van der Waals surface area contributed by atoms with Crippen molar-refractivity contribution < 1.29 is 4.79 Å². The normalized spacial score (nSPS) is 16.9. The quantitative estimate of drug-likeness (QED) is 0.358. The Bertz CT molecular complexity index is 616. The molecule has 2 nitrogen and oxygen atoms in total. The first-order valence-corrected chi connectivity index (χ1v) is 9.21. The first kappa shape index (κ1) is 17.8. The van der Waals surface area contributed by atoms with E-state index in [4.69, 9.17) is 35.4 Å². The van der Waals surface area contributed by atoms with Gasteiger partial charge >= 0.3 is 0 Å². The van der Waals surface area contributed by atoms with Crippen LogP contribution in [-0.2, 0) is 4.79 Å². The fourth-order valence-electron chi connectivity index (χ4n) is 2.14. The molecule has 1 heterocycles. The molecule has 0 bridgehead atoms. The van der Waals surface area contributed by atoms with Crippen LogP contribution in [0.25, 0.3) is 6.08 Å². The molecule has 1 aliphatic heterocycles. The summed E-state index contributed by atoms with van der Waals surface area (Å²) in [7, 11) is 0. The van der Waals surface area contributed by atoms with E-state index in [1.807, 2.05) is 12.1 Å². The molecule has 118 valence electrons. The number of thioether (sulfide) groups is 1. The monoisotopic (exact) mass is 373 g/mol. The number of hydrogen-bond acceptors (Lipinski definition) is 3. The number of unbranched alkanes of at least 4 members (excludes halogenated alkanes) is 3. The molecule has 0 spiro atoms. The van der Waals surface area contributed by atoms with Crippen LogP contribution in [0, 0.1) is 0 Å². The van der Waals surface area contributed by atoms with E-state index in [1.165, 1.54) is 24.6 Å². The molecule has 0 atom stereocenters. The van der Waals surface area contributed by atoms with Crippen LogP contribution in [0.4, 0.5) is 0 Å². The van der Waals surface area contributed by atoms with Crippen LogP contribution >= 0.6 is 47.2 Å². The molecule has 2 rings (SSSR count). The van der Waals surface area contributed by atoms with Gasteiger partial charge < -0.3 is 0 Å². The summed E-state index contributed by atoms with van der Waals surface area (Å²) >= 11 is 18.6. The number of hydrogen-bond donors (Lipinski definition) is 0. The van der Waals surface area contributed by atoms with E-state index >= 15 is 0 Å². The number of halogens is 2. The van der Waals surface area contributed by atoms with Crippen molar-refractivity contribution in [3.8, 4) is 0 Å². The Kier molecular flexibility index (Phi) is 6.75. The van der Waals surface area contributed by atoms with Gasteiger partial charge in [-0.05, 0) is 30.2 Å². The number of thiocarbonyl (C=S) groups is 1. The smallest absolute Gasteiger partial charge is 0.266 e. The minimum atomic E-state index is -0.0161. The van der Waals surface area contributed by atoms with Gasteiger partial charge in [-0.15, -0.1) is 0 Å². The van der Waals surface area contributed by atoms with E-state index in [2.05, 4.69) is 6.92 Å².